The SMILES string of the molecule is CCC[C@H](C)Nc1ncc2c(C3=CCNCC3)cn(C3CCC(O)CC3)c2n1. The first-order chi connectivity index (χ1) is 13.7. The largest absolute Gasteiger partial charge is 0.393 e. The van der Waals surface area contributed by atoms with Crippen LogP contribution in [0.2, 0.25) is 0 Å². The summed E-state index contributed by atoms with van der Waals surface area (Å²) in [5.74, 6) is 0.717. The van der Waals surface area contributed by atoms with Crippen molar-refractivity contribution in [2.75, 3.05) is 18.4 Å². The molecule has 0 bridgehead atoms. The van der Waals surface area contributed by atoms with Gasteiger partial charge in [-0.1, -0.05) is 19.4 Å². The number of hydrogen-bond acceptors (Lipinski definition) is 5. The lowest BCUT2D eigenvalue weighted by Crippen LogP contribution is -2.21. The second-order valence-electron chi connectivity index (χ2n) is 8.36. The summed E-state index contributed by atoms with van der Waals surface area (Å²) in [4.78, 5) is 9.58. The fourth-order valence-electron chi connectivity index (χ4n) is 4.56. The molecule has 2 aromatic rings. The molecule has 2 aliphatic rings. The predicted molar refractivity (Wildman–Crippen MR) is 114 cm³/mol. The van der Waals surface area contributed by atoms with Gasteiger partial charge in [-0.15, -0.1) is 0 Å². The molecule has 0 aromatic carbocycles. The van der Waals surface area contributed by atoms with E-state index in [0.29, 0.717) is 12.1 Å². The maximum absolute atomic E-state index is 9.93. The number of fused-ring (bicyclic) bond motifs is 1. The number of anilines is 1. The molecule has 1 atom stereocenters. The first kappa shape index (κ1) is 19.4. The highest BCUT2D eigenvalue weighted by Crippen LogP contribution is 2.36. The highest BCUT2D eigenvalue weighted by Gasteiger charge is 2.25. The van der Waals surface area contributed by atoms with Crippen molar-refractivity contribution in [3.63, 3.8) is 0 Å². The Labute approximate surface area is 167 Å². The van der Waals surface area contributed by atoms with E-state index in [1.807, 2.05) is 6.20 Å². The maximum Gasteiger partial charge on any atom is 0.224 e. The Morgan fingerprint density at radius 1 is 1.32 bits per heavy atom. The van der Waals surface area contributed by atoms with Crippen LogP contribution in [0.5, 0.6) is 0 Å². The van der Waals surface area contributed by atoms with Crippen LogP contribution in [0.1, 0.15) is 70.4 Å². The second-order valence-corrected chi connectivity index (χ2v) is 8.36. The van der Waals surface area contributed by atoms with Crippen LogP contribution in [0.3, 0.4) is 0 Å². The molecular formula is C22H33N5O. The molecule has 3 heterocycles. The Balaban J connectivity index is 1.72. The number of nitrogens with one attached hydrogen (secondary N) is 2. The Kier molecular flexibility index (Phi) is 5.97. The molecule has 4 rings (SSSR count). The molecule has 1 aliphatic carbocycles. The van der Waals surface area contributed by atoms with Crippen molar-refractivity contribution in [3.05, 3.63) is 24.0 Å². The third-order valence-electron chi connectivity index (χ3n) is 6.14. The molecule has 28 heavy (non-hydrogen) atoms. The Morgan fingerprint density at radius 3 is 2.86 bits per heavy atom. The van der Waals surface area contributed by atoms with Gasteiger partial charge in [0.05, 0.1) is 6.10 Å². The number of nitrogens with zero attached hydrogens (tertiary/aromatic N) is 3. The summed E-state index contributed by atoms with van der Waals surface area (Å²) in [6.45, 7) is 6.32. The van der Waals surface area contributed by atoms with Crippen LogP contribution in [-0.4, -0.2) is 44.9 Å². The summed E-state index contributed by atoms with van der Waals surface area (Å²) in [6, 6.07) is 0.764. The average molecular weight is 384 g/mol. The summed E-state index contributed by atoms with van der Waals surface area (Å²) in [5.41, 5.74) is 3.69. The summed E-state index contributed by atoms with van der Waals surface area (Å²) in [7, 11) is 0. The number of aliphatic hydroxyl groups excluding tert-OH is 1. The van der Waals surface area contributed by atoms with Crippen molar-refractivity contribution in [2.24, 2.45) is 0 Å². The summed E-state index contributed by atoms with van der Waals surface area (Å²) in [5, 5.41) is 17.9. The smallest absolute Gasteiger partial charge is 0.224 e. The number of aliphatic hydroxyl groups is 1. The van der Waals surface area contributed by atoms with Crippen LogP contribution in [0.15, 0.2) is 18.5 Å². The van der Waals surface area contributed by atoms with Crippen molar-refractivity contribution in [1.29, 1.82) is 0 Å². The lowest BCUT2D eigenvalue weighted by Gasteiger charge is -2.27. The molecule has 2 aromatic heterocycles. The van der Waals surface area contributed by atoms with Crippen LogP contribution in [0.4, 0.5) is 5.95 Å². The average Bonchev–Trinajstić information content (AvgIpc) is 3.08. The first-order valence-corrected chi connectivity index (χ1v) is 10.9. The van der Waals surface area contributed by atoms with E-state index < -0.39 is 0 Å². The molecule has 3 N–H and O–H groups in total. The number of aromatic nitrogens is 3. The van der Waals surface area contributed by atoms with E-state index in [4.69, 9.17) is 4.98 Å². The minimum atomic E-state index is -0.147. The van der Waals surface area contributed by atoms with Crippen molar-refractivity contribution in [3.8, 4) is 0 Å². The van der Waals surface area contributed by atoms with Gasteiger partial charge in [0.15, 0.2) is 0 Å². The maximum atomic E-state index is 9.93. The molecule has 152 valence electrons. The zero-order valence-corrected chi connectivity index (χ0v) is 17.1. The van der Waals surface area contributed by atoms with E-state index in [9.17, 15) is 5.11 Å². The third kappa shape index (κ3) is 4.08. The second kappa shape index (κ2) is 8.62. The fraction of sp³-hybridized carbons (Fsp3) is 0.636. The van der Waals surface area contributed by atoms with Crippen molar-refractivity contribution in [1.82, 2.24) is 19.9 Å². The molecular weight excluding hydrogens is 350 g/mol. The monoisotopic (exact) mass is 383 g/mol. The molecule has 1 fully saturated rings. The van der Waals surface area contributed by atoms with E-state index in [2.05, 4.69) is 46.3 Å². The van der Waals surface area contributed by atoms with Gasteiger partial charge in [0.2, 0.25) is 5.95 Å². The van der Waals surface area contributed by atoms with Gasteiger partial charge in [-0.3, -0.25) is 0 Å². The van der Waals surface area contributed by atoms with Crippen LogP contribution in [-0.2, 0) is 0 Å². The minimum Gasteiger partial charge on any atom is -0.393 e. The number of rotatable bonds is 6. The highest BCUT2D eigenvalue weighted by molar-refractivity contribution is 5.91. The summed E-state index contributed by atoms with van der Waals surface area (Å²) < 4.78 is 2.36. The Hall–Kier alpha value is -1.92. The normalized spacial score (nSPS) is 24.2. The van der Waals surface area contributed by atoms with Gasteiger partial charge in [-0.05, 0) is 57.6 Å². The topological polar surface area (TPSA) is 75.0 Å². The van der Waals surface area contributed by atoms with E-state index >= 15 is 0 Å². The molecule has 0 spiro atoms. The lowest BCUT2D eigenvalue weighted by molar-refractivity contribution is 0.111. The van der Waals surface area contributed by atoms with Crippen LogP contribution in [0.25, 0.3) is 16.6 Å². The quantitative estimate of drug-likeness (QED) is 0.706. The predicted octanol–water partition coefficient (Wildman–Crippen LogP) is 3.88. The standard InChI is InChI=1S/C22H33N5O/c1-3-4-15(2)25-22-24-13-19-20(16-9-11-23-12-10-16)14-27(21(19)26-22)17-5-7-18(28)8-6-17/h9,13-15,17-18,23,28H,3-8,10-12H2,1-2H3,(H,24,25,26)/t15-,17?,18?/m0/s1. The molecule has 1 aliphatic heterocycles. The van der Waals surface area contributed by atoms with Gasteiger partial charge in [0.1, 0.15) is 5.65 Å². The van der Waals surface area contributed by atoms with Crippen molar-refractivity contribution < 1.29 is 5.11 Å². The zero-order valence-electron chi connectivity index (χ0n) is 17.1. The van der Waals surface area contributed by atoms with E-state index in [0.717, 1.165) is 75.0 Å². The van der Waals surface area contributed by atoms with Crippen molar-refractivity contribution >= 4 is 22.6 Å². The highest BCUT2D eigenvalue weighted by atomic mass is 16.3. The molecule has 1 saturated carbocycles. The molecule has 0 amide bonds. The third-order valence-corrected chi connectivity index (χ3v) is 6.14. The van der Waals surface area contributed by atoms with E-state index in [1.54, 1.807) is 0 Å². The molecule has 0 unspecified atom stereocenters. The minimum absolute atomic E-state index is 0.147. The molecule has 6 nitrogen and oxygen atoms in total. The molecule has 0 saturated heterocycles. The van der Waals surface area contributed by atoms with E-state index in [-0.39, 0.29) is 6.10 Å². The van der Waals surface area contributed by atoms with Gasteiger partial charge >= 0.3 is 0 Å². The van der Waals surface area contributed by atoms with Crippen LogP contribution in [0, 0.1) is 0 Å². The fourth-order valence-corrected chi connectivity index (χ4v) is 4.56. The van der Waals surface area contributed by atoms with Crippen LogP contribution < -0.4 is 10.6 Å². The van der Waals surface area contributed by atoms with Gasteiger partial charge in [-0.2, -0.15) is 4.98 Å². The Morgan fingerprint density at radius 2 is 2.14 bits per heavy atom. The van der Waals surface area contributed by atoms with Gasteiger partial charge in [-0.25, -0.2) is 4.98 Å². The van der Waals surface area contributed by atoms with Crippen molar-refractivity contribution in [2.45, 2.75) is 77.0 Å². The molecule has 0 radical (unpaired) electrons. The summed E-state index contributed by atoms with van der Waals surface area (Å²) >= 11 is 0. The number of hydrogen-bond donors (Lipinski definition) is 3. The lowest BCUT2D eigenvalue weighted by atomic mass is 9.93. The summed E-state index contributed by atoms with van der Waals surface area (Å²) in [6.07, 6.45) is 13.5. The Bertz CT molecular complexity index is 835. The van der Waals surface area contributed by atoms with E-state index in [1.165, 1.54) is 11.1 Å². The molecule has 6 heteroatoms. The van der Waals surface area contributed by atoms with Gasteiger partial charge in [0.25, 0.3) is 0 Å². The first-order valence-electron chi connectivity index (χ1n) is 10.9. The van der Waals surface area contributed by atoms with Gasteiger partial charge < -0.3 is 20.3 Å². The van der Waals surface area contributed by atoms with Crippen LogP contribution >= 0.6 is 0 Å². The van der Waals surface area contributed by atoms with Gasteiger partial charge in [0, 0.05) is 42.0 Å². The zero-order chi connectivity index (χ0) is 19.5.